The van der Waals surface area contributed by atoms with E-state index < -0.39 is 128 Å². The van der Waals surface area contributed by atoms with Gasteiger partial charge in [0.2, 0.25) is 0 Å². The highest BCUT2D eigenvalue weighted by Crippen LogP contribution is 2.81. The summed E-state index contributed by atoms with van der Waals surface area (Å²) in [6, 6.07) is 0. The van der Waals surface area contributed by atoms with E-state index in [0.29, 0.717) is 25.4 Å². The first-order chi connectivity index (χ1) is 30.9. The Balaban J connectivity index is 0.986. The van der Waals surface area contributed by atoms with Gasteiger partial charge in [0.25, 0.3) is 0 Å². The first-order valence-corrected chi connectivity index (χ1v) is 24.5. The lowest BCUT2D eigenvalue weighted by Gasteiger charge is -2.70. The van der Waals surface area contributed by atoms with Crippen molar-refractivity contribution >= 4 is 0 Å². The van der Waals surface area contributed by atoms with Gasteiger partial charge in [-0.3, -0.25) is 0 Å². The number of rotatable bonds is 10. The highest BCUT2D eigenvalue weighted by Gasteiger charge is 2.82. The maximum Gasteiger partial charge on any atom is 0.187 e. The van der Waals surface area contributed by atoms with Crippen LogP contribution in [0, 0.1) is 45.3 Å². The van der Waals surface area contributed by atoms with E-state index in [1.165, 1.54) is 12.5 Å². The van der Waals surface area contributed by atoms with Crippen molar-refractivity contribution < 1.29 is 89.0 Å². The summed E-state index contributed by atoms with van der Waals surface area (Å²) in [5.41, 5.74) is -0.692. The average Bonchev–Trinajstić information content (AvgIpc) is 3.87. The molecule has 5 saturated heterocycles. The average molecular weight is 943 g/mol. The Kier molecular flexibility index (Phi) is 13.1. The molecule has 18 nitrogen and oxygen atoms in total. The second-order valence-electron chi connectivity index (χ2n) is 23.3. The molecule has 9 rings (SSSR count). The molecule has 0 aromatic carbocycles. The lowest BCUT2D eigenvalue weighted by Crippen LogP contribution is -2.68. The van der Waals surface area contributed by atoms with Gasteiger partial charge >= 0.3 is 0 Å². The van der Waals surface area contributed by atoms with Crippen LogP contribution in [0.2, 0.25) is 0 Å². The molecule has 0 amide bonds. The molecule has 5 aliphatic heterocycles. The van der Waals surface area contributed by atoms with Gasteiger partial charge in [-0.1, -0.05) is 39.3 Å². The van der Waals surface area contributed by atoms with E-state index in [4.69, 9.17) is 37.9 Å². The molecule has 9 aliphatic rings. The van der Waals surface area contributed by atoms with Crippen molar-refractivity contribution in [3.05, 3.63) is 11.6 Å². The zero-order chi connectivity index (χ0) is 47.8. The fraction of sp³-hybridized carbons (Fsp3) is 0.958. The lowest BCUT2D eigenvalue weighted by molar-refractivity contribution is -0.398. The van der Waals surface area contributed by atoms with Crippen LogP contribution < -0.4 is 0 Å². The maximum atomic E-state index is 12.3. The van der Waals surface area contributed by atoms with Gasteiger partial charge in [-0.2, -0.15) is 0 Å². The SMILES string of the molecule is CC(C)=CC[C@@H]1O[C@]23C[C@]4(CO2)[C@@H](CC[C@H]2[C@@]5(C)CC[C@H](O[C@@H]6O[C@H](CO)[C@H](O)[C@H](O[C@@H]7O[C@H](CO)[C@@H](O)[C@H](O)[C@H]7O)[C@H]6O[C@@H]6O[C@@H](C)[C@H](O)[C@@H](O)[C@H]6O)C(C)(C)[C@H]5CC[C@]24C)[C@@H]3[C@@]1(C)O. The van der Waals surface area contributed by atoms with Gasteiger partial charge in [0.15, 0.2) is 24.7 Å². The Hall–Kier alpha value is -0.980. The Morgan fingerprint density at radius 1 is 0.667 bits per heavy atom. The van der Waals surface area contributed by atoms with E-state index in [-0.39, 0.29) is 40.1 Å². The topological polar surface area (TPSA) is 276 Å². The number of allylic oxidation sites excluding steroid dienone is 1. The minimum atomic E-state index is -1.86. The van der Waals surface area contributed by atoms with Crippen molar-refractivity contribution in [2.24, 2.45) is 45.3 Å². The number of hydrogen-bond donors (Lipinski definition) is 10. The minimum Gasteiger partial charge on any atom is -0.394 e. The van der Waals surface area contributed by atoms with Crippen LogP contribution in [-0.2, 0) is 37.9 Å². The molecule has 9 fully saturated rings. The van der Waals surface area contributed by atoms with Crippen LogP contribution in [0.15, 0.2) is 11.6 Å². The Bertz CT molecular complexity index is 1790. The second-order valence-corrected chi connectivity index (χ2v) is 23.3. The third-order valence-electron chi connectivity index (χ3n) is 19.3. The van der Waals surface area contributed by atoms with Gasteiger partial charge in [-0.15, -0.1) is 0 Å². The molecule has 378 valence electrons. The van der Waals surface area contributed by atoms with E-state index in [1.807, 2.05) is 6.92 Å². The van der Waals surface area contributed by atoms with Crippen molar-refractivity contribution in [1.29, 1.82) is 0 Å². The summed E-state index contributed by atoms with van der Waals surface area (Å²) in [5.74, 6) is -0.143. The first-order valence-electron chi connectivity index (χ1n) is 24.5. The predicted octanol–water partition coefficient (Wildman–Crippen LogP) is 0.355. The normalized spacial score (nSPS) is 57.4. The predicted molar refractivity (Wildman–Crippen MR) is 229 cm³/mol. The molecule has 0 aromatic rings. The third-order valence-corrected chi connectivity index (χ3v) is 19.3. The molecule has 66 heavy (non-hydrogen) atoms. The Morgan fingerprint density at radius 3 is 1.95 bits per heavy atom. The summed E-state index contributed by atoms with van der Waals surface area (Å²) in [6.07, 6.45) is -15.6. The fourth-order valence-corrected chi connectivity index (χ4v) is 15.9. The highest BCUT2D eigenvalue weighted by molar-refractivity contribution is 5.28. The number of fused-ring (bicyclic) bond motifs is 4. The van der Waals surface area contributed by atoms with Crippen LogP contribution in [0.4, 0.5) is 0 Å². The minimum absolute atomic E-state index is 0.0887. The number of aliphatic hydroxyl groups is 10. The molecular weight excluding hydrogens is 865 g/mol. The van der Waals surface area contributed by atoms with Crippen LogP contribution in [0.5, 0.6) is 0 Å². The van der Waals surface area contributed by atoms with Crippen molar-refractivity contribution in [2.75, 3.05) is 19.8 Å². The molecule has 0 aromatic heterocycles. The number of ether oxygens (including phenoxy) is 8. The monoisotopic (exact) mass is 943 g/mol. The van der Waals surface area contributed by atoms with Crippen LogP contribution in [0.25, 0.3) is 0 Å². The highest BCUT2D eigenvalue weighted by atomic mass is 16.8. The van der Waals surface area contributed by atoms with Crippen LogP contribution >= 0.6 is 0 Å². The maximum absolute atomic E-state index is 12.3. The molecule has 0 unspecified atom stereocenters. The molecule has 26 atom stereocenters. The Labute approximate surface area is 387 Å². The summed E-state index contributed by atoms with van der Waals surface area (Å²) in [6.45, 7) is 16.1. The van der Waals surface area contributed by atoms with E-state index in [9.17, 15) is 51.1 Å². The summed E-state index contributed by atoms with van der Waals surface area (Å²) >= 11 is 0. The third kappa shape index (κ3) is 7.32. The standard InChI is InChI=1S/C48H78O18/c1-21(2)9-12-29-46(8,58)39-23-10-11-27-44(6)15-14-28(43(4,5)26(44)13-16-45(27,7)47(23)19-48(39,66-29)59-20-47)63-42-38(65-40-35(56)33(54)30(51)22(3)60-40)37(32(53)25(18-50)62-42)64-41-36(57)34(55)31(52)24(17-49)61-41/h9,22-42,49-58H,10-20H2,1-8H3/t22-,23-,24+,25+,26+,27-,28-,29-,30-,31+,32-,33+,34-,35+,36+,37-,38+,39+,40-,41-,42-,44-,45+,46-,47-,48-/m0/s1. The molecule has 4 saturated carbocycles. The lowest BCUT2D eigenvalue weighted by atomic mass is 9.35. The molecular formula is C48H78O18. The van der Waals surface area contributed by atoms with E-state index >= 15 is 0 Å². The van der Waals surface area contributed by atoms with Gasteiger partial charge < -0.3 is 89.0 Å². The van der Waals surface area contributed by atoms with Gasteiger partial charge in [0, 0.05) is 17.8 Å². The zero-order valence-electron chi connectivity index (χ0n) is 39.7. The summed E-state index contributed by atoms with van der Waals surface area (Å²) < 4.78 is 51.1. The van der Waals surface area contributed by atoms with E-state index in [1.54, 1.807) is 0 Å². The van der Waals surface area contributed by atoms with E-state index in [2.05, 4.69) is 47.6 Å². The van der Waals surface area contributed by atoms with Crippen LogP contribution in [-0.4, -0.2) is 187 Å². The zero-order valence-corrected chi connectivity index (χ0v) is 39.7. The second kappa shape index (κ2) is 17.4. The molecule has 4 aliphatic carbocycles. The molecule has 18 heteroatoms. The van der Waals surface area contributed by atoms with Crippen LogP contribution in [0.1, 0.15) is 107 Å². The van der Waals surface area contributed by atoms with Gasteiger partial charge in [0.05, 0.1) is 43.7 Å². The molecule has 5 heterocycles. The fourth-order valence-electron chi connectivity index (χ4n) is 15.9. The number of aliphatic hydroxyl groups excluding tert-OH is 9. The van der Waals surface area contributed by atoms with Crippen molar-refractivity contribution in [1.82, 2.24) is 0 Å². The molecule has 2 bridgehead atoms. The summed E-state index contributed by atoms with van der Waals surface area (Å²) in [4.78, 5) is 0. The summed E-state index contributed by atoms with van der Waals surface area (Å²) in [5, 5.41) is 109. The quantitative estimate of drug-likeness (QED) is 0.105. The molecule has 0 radical (unpaired) electrons. The summed E-state index contributed by atoms with van der Waals surface area (Å²) in [7, 11) is 0. The largest absolute Gasteiger partial charge is 0.394 e. The van der Waals surface area contributed by atoms with Crippen molar-refractivity contribution in [3.63, 3.8) is 0 Å². The van der Waals surface area contributed by atoms with Crippen molar-refractivity contribution in [3.8, 4) is 0 Å². The Morgan fingerprint density at radius 2 is 1.29 bits per heavy atom. The van der Waals surface area contributed by atoms with E-state index in [0.717, 1.165) is 38.5 Å². The molecule has 2 spiro atoms. The molecule has 10 N–H and O–H groups in total. The van der Waals surface area contributed by atoms with Gasteiger partial charge in [0.1, 0.15) is 67.1 Å². The van der Waals surface area contributed by atoms with Crippen molar-refractivity contribution in [2.45, 2.75) is 222 Å². The first kappa shape index (κ1) is 50.0. The number of hydrogen-bond acceptors (Lipinski definition) is 18. The smallest absolute Gasteiger partial charge is 0.187 e. The van der Waals surface area contributed by atoms with Gasteiger partial charge in [-0.25, -0.2) is 0 Å². The van der Waals surface area contributed by atoms with Crippen LogP contribution in [0.3, 0.4) is 0 Å². The van der Waals surface area contributed by atoms with Gasteiger partial charge in [-0.05, 0) is 107 Å².